The van der Waals surface area contributed by atoms with E-state index in [1.807, 2.05) is 34.0 Å². The molecule has 1 aromatic heterocycles. The Balaban J connectivity index is 2.55. The van der Waals surface area contributed by atoms with E-state index in [2.05, 4.69) is 21.7 Å². The molecule has 0 saturated heterocycles. The van der Waals surface area contributed by atoms with Crippen molar-refractivity contribution >= 4 is 17.2 Å². The molecule has 0 aromatic carbocycles. The van der Waals surface area contributed by atoms with Gasteiger partial charge in [-0.2, -0.15) is 0 Å². The van der Waals surface area contributed by atoms with Crippen molar-refractivity contribution in [2.24, 2.45) is 5.92 Å². The van der Waals surface area contributed by atoms with Crippen molar-refractivity contribution in [1.29, 1.82) is 0 Å². The van der Waals surface area contributed by atoms with Crippen LogP contribution in [0.2, 0.25) is 0 Å². The summed E-state index contributed by atoms with van der Waals surface area (Å²) in [6, 6.07) is 4.43. The van der Waals surface area contributed by atoms with Crippen LogP contribution in [0.5, 0.6) is 0 Å². The number of nitrogens with one attached hydrogen (secondary N) is 1. The van der Waals surface area contributed by atoms with Crippen molar-refractivity contribution in [3.05, 3.63) is 22.4 Å². The van der Waals surface area contributed by atoms with E-state index in [0.29, 0.717) is 6.54 Å². The number of rotatable bonds is 6. The number of carbonyl (C=O) groups is 1. The minimum atomic E-state index is 0.0983. The molecule has 1 amide bonds. The standard InChI is InChI=1S/C13H22N2OS/c1-5-10(2)13(16)14-9-11(15(3)4)12-7-6-8-17-12/h6-8,10-11H,5,9H2,1-4H3,(H,14,16)/t10-,11-/m1/s1. The number of amides is 1. The normalized spacial score (nSPS) is 14.6. The van der Waals surface area contributed by atoms with Crippen LogP contribution < -0.4 is 5.32 Å². The molecule has 1 rings (SSSR count). The predicted molar refractivity (Wildman–Crippen MR) is 73.2 cm³/mol. The zero-order chi connectivity index (χ0) is 12.8. The van der Waals surface area contributed by atoms with Gasteiger partial charge in [0.2, 0.25) is 5.91 Å². The molecule has 3 nitrogen and oxygen atoms in total. The summed E-state index contributed by atoms with van der Waals surface area (Å²) in [6.45, 7) is 4.68. The number of hydrogen-bond acceptors (Lipinski definition) is 3. The second kappa shape index (κ2) is 6.77. The van der Waals surface area contributed by atoms with Crippen molar-refractivity contribution in [2.75, 3.05) is 20.6 Å². The maximum absolute atomic E-state index is 11.7. The molecule has 0 bridgehead atoms. The highest BCUT2D eigenvalue weighted by atomic mass is 32.1. The first kappa shape index (κ1) is 14.2. The van der Waals surface area contributed by atoms with Crippen molar-refractivity contribution < 1.29 is 4.79 Å². The lowest BCUT2D eigenvalue weighted by atomic mass is 10.1. The van der Waals surface area contributed by atoms with Crippen LogP contribution in [0, 0.1) is 5.92 Å². The van der Waals surface area contributed by atoms with Gasteiger partial charge in [0.05, 0.1) is 6.04 Å². The topological polar surface area (TPSA) is 32.3 Å². The monoisotopic (exact) mass is 254 g/mol. The largest absolute Gasteiger partial charge is 0.354 e. The lowest BCUT2D eigenvalue weighted by Gasteiger charge is -2.24. The van der Waals surface area contributed by atoms with E-state index in [1.165, 1.54) is 4.88 Å². The maximum Gasteiger partial charge on any atom is 0.222 e. The van der Waals surface area contributed by atoms with E-state index >= 15 is 0 Å². The minimum Gasteiger partial charge on any atom is -0.354 e. The third kappa shape index (κ3) is 4.13. The van der Waals surface area contributed by atoms with Crippen LogP contribution in [-0.4, -0.2) is 31.4 Å². The second-order valence-electron chi connectivity index (χ2n) is 4.55. The van der Waals surface area contributed by atoms with Gasteiger partial charge in [0.25, 0.3) is 0 Å². The first-order chi connectivity index (χ1) is 8.06. The summed E-state index contributed by atoms with van der Waals surface area (Å²) in [5, 5.41) is 5.10. The SMILES string of the molecule is CC[C@@H](C)C(=O)NC[C@H](c1cccs1)N(C)C. The van der Waals surface area contributed by atoms with Crippen LogP contribution in [-0.2, 0) is 4.79 Å². The number of nitrogens with zero attached hydrogens (tertiary/aromatic N) is 1. The fraction of sp³-hybridized carbons (Fsp3) is 0.615. The molecule has 1 aromatic rings. The van der Waals surface area contributed by atoms with E-state index in [9.17, 15) is 4.79 Å². The molecule has 0 saturated carbocycles. The fourth-order valence-electron chi connectivity index (χ4n) is 1.58. The Hall–Kier alpha value is -0.870. The average molecular weight is 254 g/mol. The molecule has 1 heterocycles. The molecule has 0 spiro atoms. The molecule has 1 N–H and O–H groups in total. The third-order valence-electron chi connectivity index (χ3n) is 3.02. The van der Waals surface area contributed by atoms with Gasteiger partial charge in [-0.1, -0.05) is 19.9 Å². The van der Waals surface area contributed by atoms with Crippen LogP contribution in [0.15, 0.2) is 17.5 Å². The average Bonchev–Trinajstić information content (AvgIpc) is 2.81. The van der Waals surface area contributed by atoms with Gasteiger partial charge in [0.15, 0.2) is 0 Å². The highest BCUT2D eigenvalue weighted by Crippen LogP contribution is 2.22. The number of likely N-dealkylation sites (N-methyl/N-ethyl adjacent to an activating group) is 1. The zero-order valence-corrected chi connectivity index (χ0v) is 11.9. The van der Waals surface area contributed by atoms with Gasteiger partial charge < -0.3 is 10.2 Å². The Morgan fingerprint density at radius 1 is 1.53 bits per heavy atom. The summed E-state index contributed by atoms with van der Waals surface area (Å²) in [6.07, 6.45) is 0.886. The Labute approximate surface area is 108 Å². The Kier molecular flexibility index (Phi) is 5.65. The summed E-state index contributed by atoms with van der Waals surface area (Å²) in [5.74, 6) is 0.247. The van der Waals surface area contributed by atoms with E-state index in [-0.39, 0.29) is 17.9 Å². The molecule has 4 heteroatoms. The minimum absolute atomic E-state index is 0.0983. The summed E-state index contributed by atoms with van der Waals surface area (Å²) in [4.78, 5) is 15.2. The quantitative estimate of drug-likeness (QED) is 0.846. The molecule has 0 radical (unpaired) electrons. The van der Waals surface area contributed by atoms with Gasteiger partial charge in [-0.3, -0.25) is 4.79 Å². The van der Waals surface area contributed by atoms with Crippen LogP contribution in [0.4, 0.5) is 0 Å². The molecule has 0 unspecified atom stereocenters. The first-order valence-electron chi connectivity index (χ1n) is 6.03. The molecule has 17 heavy (non-hydrogen) atoms. The smallest absolute Gasteiger partial charge is 0.222 e. The molecule has 2 atom stereocenters. The Morgan fingerprint density at radius 2 is 2.24 bits per heavy atom. The van der Waals surface area contributed by atoms with Crippen LogP contribution >= 0.6 is 11.3 Å². The van der Waals surface area contributed by atoms with E-state index in [1.54, 1.807) is 11.3 Å². The van der Waals surface area contributed by atoms with Gasteiger partial charge in [-0.25, -0.2) is 0 Å². The van der Waals surface area contributed by atoms with Gasteiger partial charge in [0, 0.05) is 17.3 Å². The molecule has 0 fully saturated rings. The number of hydrogen-bond donors (Lipinski definition) is 1. The second-order valence-corrected chi connectivity index (χ2v) is 5.53. The van der Waals surface area contributed by atoms with Crippen molar-refractivity contribution in [1.82, 2.24) is 10.2 Å². The molecule has 96 valence electrons. The van der Waals surface area contributed by atoms with Crippen LogP contribution in [0.3, 0.4) is 0 Å². The van der Waals surface area contributed by atoms with Gasteiger partial charge >= 0.3 is 0 Å². The lowest BCUT2D eigenvalue weighted by Crippen LogP contribution is -2.36. The van der Waals surface area contributed by atoms with E-state index in [4.69, 9.17) is 0 Å². The molecular formula is C13H22N2OS. The van der Waals surface area contributed by atoms with Gasteiger partial charge in [-0.15, -0.1) is 11.3 Å². The third-order valence-corrected chi connectivity index (χ3v) is 4.00. The van der Waals surface area contributed by atoms with Crippen molar-refractivity contribution in [2.45, 2.75) is 26.3 Å². The Morgan fingerprint density at radius 3 is 2.71 bits per heavy atom. The summed E-state index contributed by atoms with van der Waals surface area (Å²) >= 11 is 1.73. The van der Waals surface area contributed by atoms with Gasteiger partial charge in [-0.05, 0) is 32.0 Å². The fourth-order valence-corrected chi connectivity index (χ4v) is 2.50. The lowest BCUT2D eigenvalue weighted by molar-refractivity contribution is -0.124. The van der Waals surface area contributed by atoms with Crippen molar-refractivity contribution in [3.63, 3.8) is 0 Å². The number of thiophene rings is 1. The predicted octanol–water partition coefficient (Wildman–Crippen LogP) is 2.51. The number of carbonyl (C=O) groups excluding carboxylic acids is 1. The van der Waals surface area contributed by atoms with Crippen molar-refractivity contribution in [3.8, 4) is 0 Å². The molecule has 0 aliphatic rings. The van der Waals surface area contributed by atoms with E-state index in [0.717, 1.165) is 6.42 Å². The molecular weight excluding hydrogens is 232 g/mol. The molecule has 0 aliphatic heterocycles. The maximum atomic E-state index is 11.7. The zero-order valence-electron chi connectivity index (χ0n) is 11.1. The summed E-state index contributed by atoms with van der Waals surface area (Å²) < 4.78 is 0. The highest BCUT2D eigenvalue weighted by molar-refractivity contribution is 7.10. The highest BCUT2D eigenvalue weighted by Gasteiger charge is 2.17. The summed E-state index contributed by atoms with van der Waals surface area (Å²) in [5.41, 5.74) is 0. The van der Waals surface area contributed by atoms with Gasteiger partial charge in [0.1, 0.15) is 0 Å². The van der Waals surface area contributed by atoms with E-state index < -0.39 is 0 Å². The Bertz CT molecular complexity index is 335. The van der Waals surface area contributed by atoms with Crippen LogP contribution in [0.25, 0.3) is 0 Å². The van der Waals surface area contributed by atoms with Crippen LogP contribution in [0.1, 0.15) is 31.2 Å². The summed E-state index contributed by atoms with van der Waals surface area (Å²) in [7, 11) is 4.08. The first-order valence-corrected chi connectivity index (χ1v) is 6.91. The molecule has 0 aliphatic carbocycles.